The van der Waals surface area contributed by atoms with Crippen molar-refractivity contribution in [1.29, 1.82) is 0 Å². The molecule has 0 radical (unpaired) electrons. The summed E-state index contributed by atoms with van der Waals surface area (Å²) in [6.45, 7) is 9.80. The lowest BCUT2D eigenvalue weighted by molar-refractivity contribution is -0.101. The van der Waals surface area contributed by atoms with Crippen LogP contribution >= 0.6 is 11.3 Å². The van der Waals surface area contributed by atoms with Crippen molar-refractivity contribution in [3.8, 4) is 0 Å². The van der Waals surface area contributed by atoms with Gasteiger partial charge in [-0.2, -0.15) is 11.3 Å². The van der Waals surface area contributed by atoms with E-state index in [-0.39, 0.29) is 11.7 Å². The van der Waals surface area contributed by atoms with Gasteiger partial charge in [0.05, 0.1) is 18.8 Å². The fraction of sp³-hybridized carbons (Fsp3) is 0.706. The van der Waals surface area contributed by atoms with Crippen LogP contribution in [0, 0.1) is 0 Å². The topological polar surface area (TPSA) is 38.8 Å². The lowest BCUT2D eigenvalue weighted by Gasteiger charge is -2.42. The molecular formula is C17H27NO3S. The summed E-state index contributed by atoms with van der Waals surface area (Å²) in [5, 5.41) is 4.17. The minimum absolute atomic E-state index is 0.232. The van der Waals surface area contributed by atoms with Crippen molar-refractivity contribution in [3.05, 3.63) is 22.4 Å². The van der Waals surface area contributed by atoms with Crippen molar-refractivity contribution >= 4 is 17.4 Å². The standard InChI is InChI=1S/C17H27NO3S/c1-5-17(20-11-14-7-10-22-12-14)8-6-9-18(13-17)15(19)21-16(2,3)4/h7,10,12H,5-6,8-9,11,13H2,1-4H3. The zero-order chi connectivity index (χ0) is 16.2. The van der Waals surface area contributed by atoms with Gasteiger partial charge in [0.15, 0.2) is 0 Å². The van der Waals surface area contributed by atoms with Crippen molar-refractivity contribution in [1.82, 2.24) is 4.90 Å². The van der Waals surface area contributed by atoms with Gasteiger partial charge in [0.2, 0.25) is 0 Å². The molecule has 1 aromatic heterocycles. The number of carbonyl (C=O) groups excluding carboxylic acids is 1. The van der Waals surface area contributed by atoms with Crippen molar-refractivity contribution in [3.63, 3.8) is 0 Å². The Morgan fingerprint density at radius 1 is 1.45 bits per heavy atom. The first-order valence-electron chi connectivity index (χ1n) is 7.96. The monoisotopic (exact) mass is 325 g/mol. The first-order valence-corrected chi connectivity index (χ1v) is 8.91. The number of carbonyl (C=O) groups is 1. The third kappa shape index (κ3) is 4.71. The molecule has 0 aromatic carbocycles. The maximum Gasteiger partial charge on any atom is 0.410 e. The van der Waals surface area contributed by atoms with Gasteiger partial charge in [0.1, 0.15) is 5.60 Å². The zero-order valence-corrected chi connectivity index (χ0v) is 14.9. The van der Waals surface area contributed by atoms with E-state index in [0.29, 0.717) is 13.2 Å². The molecule has 0 bridgehead atoms. The molecule has 1 unspecified atom stereocenters. The van der Waals surface area contributed by atoms with Gasteiger partial charge in [-0.3, -0.25) is 0 Å². The van der Waals surface area contributed by atoms with E-state index >= 15 is 0 Å². The SMILES string of the molecule is CCC1(OCc2ccsc2)CCCN(C(=O)OC(C)(C)C)C1. The van der Waals surface area contributed by atoms with Gasteiger partial charge in [-0.25, -0.2) is 4.79 Å². The average Bonchev–Trinajstić information content (AvgIpc) is 2.97. The molecule has 1 aromatic rings. The predicted molar refractivity (Wildman–Crippen MR) is 89.2 cm³/mol. The quantitative estimate of drug-likeness (QED) is 0.821. The molecule has 5 heteroatoms. The van der Waals surface area contributed by atoms with Crippen LogP contribution in [0.15, 0.2) is 16.8 Å². The van der Waals surface area contributed by atoms with Crippen molar-refractivity contribution in [2.75, 3.05) is 13.1 Å². The molecule has 1 amide bonds. The van der Waals surface area contributed by atoms with Crippen LogP contribution in [0.2, 0.25) is 0 Å². The molecule has 4 nitrogen and oxygen atoms in total. The Balaban J connectivity index is 1.97. The summed E-state index contributed by atoms with van der Waals surface area (Å²) in [6.07, 6.45) is 2.62. The van der Waals surface area contributed by atoms with Crippen LogP contribution in [0.1, 0.15) is 52.5 Å². The minimum Gasteiger partial charge on any atom is -0.444 e. The maximum absolute atomic E-state index is 12.3. The molecular weight excluding hydrogens is 298 g/mol. The van der Waals surface area contributed by atoms with E-state index in [1.807, 2.05) is 20.8 Å². The number of thiophene rings is 1. The van der Waals surface area contributed by atoms with Crippen molar-refractivity contribution in [2.24, 2.45) is 0 Å². The van der Waals surface area contributed by atoms with Gasteiger partial charge in [-0.1, -0.05) is 6.92 Å². The van der Waals surface area contributed by atoms with Crippen LogP contribution in [0.4, 0.5) is 4.79 Å². The highest BCUT2D eigenvalue weighted by atomic mass is 32.1. The first-order chi connectivity index (χ1) is 10.3. The van der Waals surface area contributed by atoms with E-state index in [0.717, 1.165) is 25.8 Å². The summed E-state index contributed by atoms with van der Waals surface area (Å²) in [4.78, 5) is 14.1. The molecule has 1 saturated heterocycles. The zero-order valence-electron chi connectivity index (χ0n) is 14.1. The second-order valence-electron chi connectivity index (χ2n) is 6.96. The molecule has 2 heterocycles. The molecule has 22 heavy (non-hydrogen) atoms. The normalized spacial score (nSPS) is 22.6. The number of hydrogen-bond acceptors (Lipinski definition) is 4. The summed E-state index contributed by atoms with van der Waals surface area (Å²) in [6, 6.07) is 2.09. The average molecular weight is 325 g/mol. The third-order valence-corrected chi connectivity index (χ3v) is 4.69. The largest absolute Gasteiger partial charge is 0.444 e. The van der Waals surface area contributed by atoms with Crippen LogP contribution in [0.25, 0.3) is 0 Å². The fourth-order valence-corrected chi connectivity index (χ4v) is 3.35. The van der Waals surface area contributed by atoms with Crippen LogP contribution in [-0.4, -0.2) is 35.3 Å². The molecule has 0 saturated carbocycles. The highest BCUT2D eigenvalue weighted by Gasteiger charge is 2.38. The maximum atomic E-state index is 12.3. The summed E-state index contributed by atoms with van der Waals surface area (Å²) in [5.41, 5.74) is 0.491. The number of ether oxygens (including phenoxy) is 2. The predicted octanol–water partition coefficient (Wildman–Crippen LogP) is 4.44. The van der Waals surface area contributed by atoms with Crippen molar-refractivity contribution in [2.45, 2.75) is 64.8 Å². The van der Waals surface area contributed by atoms with Gasteiger partial charge in [-0.05, 0) is 62.4 Å². The molecule has 1 aliphatic heterocycles. The molecule has 1 atom stereocenters. The Kier molecular flexibility index (Phi) is 5.50. The molecule has 1 fully saturated rings. The van der Waals surface area contributed by atoms with Gasteiger partial charge >= 0.3 is 6.09 Å². The number of likely N-dealkylation sites (tertiary alicyclic amines) is 1. The van der Waals surface area contributed by atoms with Gasteiger partial charge in [0, 0.05) is 6.54 Å². The summed E-state index contributed by atoms with van der Waals surface area (Å²) >= 11 is 1.68. The second-order valence-corrected chi connectivity index (χ2v) is 7.74. The van der Waals surface area contributed by atoms with E-state index in [1.54, 1.807) is 16.2 Å². The number of rotatable bonds is 4. The molecule has 2 rings (SSSR count). The van der Waals surface area contributed by atoms with Gasteiger partial charge in [-0.15, -0.1) is 0 Å². The molecule has 124 valence electrons. The van der Waals surface area contributed by atoms with E-state index in [1.165, 1.54) is 5.56 Å². The lowest BCUT2D eigenvalue weighted by atomic mass is 9.90. The van der Waals surface area contributed by atoms with Crippen LogP contribution < -0.4 is 0 Å². The Morgan fingerprint density at radius 2 is 2.23 bits per heavy atom. The van der Waals surface area contributed by atoms with E-state index in [2.05, 4.69) is 23.8 Å². The van der Waals surface area contributed by atoms with Crippen LogP contribution in [0.5, 0.6) is 0 Å². The molecule has 0 N–H and O–H groups in total. The Morgan fingerprint density at radius 3 is 2.82 bits per heavy atom. The molecule has 0 spiro atoms. The first kappa shape index (κ1) is 17.3. The fourth-order valence-electron chi connectivity index (χ4n) is 2.70. The highest BCUT2D eigenvalue weighted by molar-refractivity contribution is 7.07. The van der Waals surface area contributed by atoms with Gasteiger partial charge < -0.3 is 14.4 Å². The van der Waals surface area contributed by atoms with Gasteiger partial charge in [0.25, 0.3) is 0 Å². The Labute approximate surface area is 137 Å². The Hall–Kier alpha value is -1.07. The van der Waals surface area contributed by atoms with E-state index < -0.39 is 5.60 Å². The Bertz CT molecular complexity index is 481. The van der Waals surface area contributed by atoms with Crippen molar-refractivity contribution < 1.29 is 14.3 Å². The van der Waals surface area contributed by atoms with E-state index in [9.17, 15) is 4.79 Å². The third-order valence-electron chi connectivity index (χ3n) is 3.96. The lowest BCUT2D eigenvalue weighted by Crippen LogP contribution is -2.52. The number of piperidine rings is 1. The number of nitrogens with zero attached hydrogens (tertiary/aromatic N) is 1. The number of amides is 1. The minimum atomic E-state index is -0.457. The highest BCUT2D eigenvalue weighted by Crippen LogP contribution is 2.30. The van der Waals surface area contributed by atoms with Crippen LogP contribution in [-0.2, 0) is 16.1 Å². The summed E-state index contributed by atoms with van der Waals surface area (Å²) in [5.74, 6) is 0. The second kappa shape index (κ2) is 7.01. The summed E-state index contributed by atoms with van der Waals surface area (Å²) in [7, 11) is 0. The number of hydrogen-bond donors (Lipinski definition) is 0. The molecule has 1 aliphatic rings. The summed E-state index contributed by atoms with van der Waals surface area (Å²) < 4.78 is 11.7. The van der Waals surface area contributed by atoms with Crippen LogP contribution in [0.3, 0.4) is 0 Å². The van der Waals surface area contributed by atoms with E-state index in [4.69, 9.17) is 9.47 Å². The molecule has 0 aliphatic carbocycles. The smallest absolute Gasteiger partial charge is 0.410 e.